The zero-order valence-corrected chi connectivity index (χ0v) is 9.66. The number of aromatic nitrogens is 1. The molecule has 15 heavy (non-hydrogen) atoms. The van der Waals surface area contributed by atoms with Crippen LogP contribution >= 0.6 is 0 Å². The van der Waals surface area contributed by atoms with Gasteiger partial charge in [0, 0.05) is 12.7 Å². The van der Waals surface area contributed by atoms with Gasteiger partial charge in [-0.05, 0) is 37.3 Å². The van der Waals surface area contributed by atoms with E-state index in [4.69, 9.17) is 5.11 Å². The van der Waals surface area contributed by atoms with Crippen LogP contribution in [-0.2, 0) is 6.54 Å². The molecular weight excluding hydrogens is 190 g/mol. The maximum absolute atomic E-state index is 11.0. The molecule has 0 bridgehead atoms. The Morgan fingerprint density at radius 2 is 2.20 bits per heavy atom. The molecule has 0 spiro atoms. The highest BCUT2D eigenvalue weighted by molar-refractivity contribution is 5.87. The molecule has 1 N–H and O–H groups in total. The van der Waals surface area contributed by atoms with Crippen LogP contribution in [0.5, 0.6) is 0 Å². The molecule has 1 aromatic heterocycles. The van der Waals surface area contributed by atoms with E-state index in [0.29, 0.717) is 11.6 Å². The summed E-state index contributed by atoms with van der Waals surface area (Å²) in [4.78, 5) is 11.0. The predicted molar refractivity (Wildman–Crippen MR) is 60.2 cm³/mol. The zero-order valence-electron chi connectivity index (χ0n) is 9.66. The number of carbonyl (C=O) groups is 1. The number of hydrogen-bond donors (Lipinski definition) is 1. The van der Waals surface area contributed by atoms with Crippen molar-refractivity contribution in [1.29, 1.82) is 0 Å². The Kier molecular flexibility index (Phi) is 3.95. The van der Waals surface area contributed by atoms with Crippen LogP contribution < -0.4 is 0 Å². The summed E-state index contributed by atoms with van der Waals surface area (Å²) in [5, 5.41) is 9.02. The van der Waals surface area contributed by atoms with Crippen LogP contribution in [0.1, 0.15) is 42.7 Å². The van der Waals surface area contributed by atoms with Gasteiger partial charge in [0.05, 0.1) is 0 Å². The zero-order chi connectivity index (χ0) is 11.4. The minimum atomic E-state index is -0.831. The van der Waals surface area contributed by atoms with Crippen LogP contribution in [0.2, 0.25) is 0 Å². The van der Waals surface area contributed by atoms with Crippen molar-refractivity contribution < 1.29 is 9.90 Å². The Bertz CT molecular complexity index is 339. The second kappa shape index (κ2) is 5.01. The largest absolute Gasteiger partial charge is 0.477 e. The van der Waals surface area contributed by atoms with Gasteiger partial charge in [-0.2, -0.15) is 0 Å². The van der Waals surface area contributed by atoms with Gasteiger partial charge < -0.3 is 9.67 Å². The summed E-state index contributed by atoms with van der Waals surface area (Å²) in [6.07, 6.45) is 4.03. The van der Waals surface area contributed by atoms with Crippen molar-refractivity contribution >= 4 is 5.97 Å². The average molecular weight is 209 g/mol. The fraction of sp³-hybridized carbons (Fsp3) is 0.583. The van der Waals surface area contributed by atoms with E-state index in [1.165, 1.54) is 0 Å². The third-order valence-electron chi connectivity index (χ3n) is 2.55. The molecule has 0 aromatic carbocycles. The van der Waals surface area contributed by atoms with Gasteiger partial charge in [0.2, 0.25) is 0 Å². The first-order valence-electron chi connectivity index (χ1n) is 5.41. The first kappa shape index (κ1) is 11.8. The van der Waals surface area contributed by atoms with E-state index in [9.17, 15) is 4.79 Å². The Balaban J connectivity index is 2.65. The molecule has 0 aliphatic heterocycles. The molecule has 3 nitrogen and oxygen atoms in total. The summed E-state index contributed by atoms with van der Waals surface area (Å²) in [7, 11) is 0. The summed E-state index contributed by atoms with van der Waals surface area (Å²) in [6, 6.07) is 1.86. The van der Waals surface area contributed by atoms with Gasteiger partial charge in [-0.3, -0.25) is 0 Å². The number of aromatic carboxylic acids is 1. The lowest BCUT2D eigenvalue weighted by molar-refractivity contribution is 0.0684. The predicted octanol–water partition coefficient (Wildman–Crippen LogP) is 2.93. The normalized spacial score (nSPS) is 10.9. The maximum atomic E-state index is 11.0. The third kappa shape index (κ3) is 3.11. The standard InChI is InChI=1S/C12H19NO2/c1-9(2)5-4-7-13-8-6-10(3)11(13)12(14)15/h6,8-9H,4-5,7H2,1-3H3,(H,14,15). The minimum absolute atomic E-state index is 0.429. The van der Waals surface area contributed by atoms with Crippen molar-refractivity contribution in [2.24, 2.45) is 5.92 Å². The van der Waals surface area contributed by atoms with Gasteiger partial charge >= 0.3 is 5.97 Å². The second-order valence-electron chi connectivity index (χ2n) is 4.38. The maximum Gasteiger partial charge on any atom is 0.352 e. The summed E-state index contributed by atoms with van der Waals surface area (Å²) < 4.78 is 1.83. The van der Waals surface area contributed by atoms with E-state index in [0.717, 1.165) is 24.9 Å². The van der Waals surface area contributed by atoms with E-state index in [2.05, 4.69) is 13.8 Å². The molecule has 1 heterocycles. The topological polar surface area (TPSA) is 42.2 Å². The lowest BCUT2D eigenvalue weighted by Crippen LogP contribution is -2.09. The highest BCUT2D eigenvalue weighted by Crippen LogP contribution is 2.12. The van der Waals surface area contributed by atoms with E-state index >= 15 is 0 Å². The highest BCUT2D eigenvalue weighted by Gasteiger charge is 2.12. The SMILES string of the molecule is Cc1ccn(CCCC(C)C)c1C(=O)O. The molecule has 0 amide bonds. The van der Waals surface area contributed by atoms with E-state index in [-0.39, 0.29) is 0 Å². The van der Waals surface area contributed by atoms with E-state index in [1.807, 2.05) is 23.8 Å². The number of nitrogens with zero attached hydrogens (tertiary/aromatic N) is 1. The number of carboxylic acids is 1. The van der Waals surface area contributed by atoms with Crippen molar-refractivity contribution in [3.05, 3.63) is 23.5 Å². The molecule has 1 rings (SSSR count). The first-order valence-corrected chi connectivity index (χ1v) is 5.41. The van der Waals surface area contributed by atoms with E-state index in [1.54, 1.807) is 0 Å². The molecule has 0 aliphatic carbocycles. The molecule has 0 aliphatic rings. The van der Waals surface area contributed by atoms with Crippen molar-refractivity contribution in [2.75, 3.05) is 0 Å². The molecule has 3 heteroatoms. The molecule has 1 aromatic rings. The summed E-state index contributed by atoms with van der Waals surface area (Å²) >= 11 is 0. The van der Waals surface area contributed by atoms with Gasteiger partial charge in [0.25, 0.3) is 0 Å². The van der Waals surface area contributed by atoms with Gasteiger partial charge in [-0.1, -0.05) is 13.8 Å². The smallest absolute Gasteiger partial charge is 0.352 e. The Hall–Kier alpha value is -1.25. The van der Waals surface area contributed by atoms with Gasteiger partial charge in [0.15, 0.2) is 0 Å². The van der Waals surface area contributed by atoms with Gasteiger partial charge in [-0.25, -0.2) is 4.79 Å². The summed E-state index contributed by atoms with van der Waals surface area (Å²) in [5.74, 6) is -0.156. The Morgan fingerprint density at radius 1 is 1.53 bits per heavy atom. The molecular formula is C12H19NO2. The van der Waals surface area contributed by atoms with Gasteiger partial charge in [0.1, 0.15) is 5.69 Å². The number of hydrogen-bond acceptors (Lipinski definition) is 1. The van der Waals surface area contributed by atoms with Crippen LogP contribution in [0.4, 0.5) is 0 Å². The second-order valence-corrected chi connectivity index (χ2v) is 4.38. The fourth-order valence-corrected chi connectivity index (χ4v) is 1.73. The molecule has 0 radical (unpaired) electrons. The van der Waals surface area contributed by atoms with Gasteiger partial charge in [-0.15, -0.1) is 0 Å². The molecule has 0 fully saturated rings. The minimum Gasteiger partial charge on any atom is -0.477 e. The Labute approximate surface area is 90.7 Å². The van der Waals surface area contributed by atoms with Crippen molar-refractivity contribution in [3.63, 3.8) is 0 Å². The third-order valence-corrected chi connectivity index (χ3v) is 2.55. The quantitative estimate of drug-likeness (QED) is 0.810. The lowest BCUT2D eigenvalue weighted by Gasteiger charge is -2.08. The van der Waals surface area contributed by atoms with Crippen molar-refractivity contribution in [1.82, 2.24) is 4.57 Å². The molecule has 0 saturated carbocycles. The van der Waals surface area contributed by atoms with Crippen LogP contribution in [-0.4, -0.2) is 15.6 Å². The Morgan fingerprint density at radius 3 is 2.73 bits per heavy atom. The van der Waals surface area contributed by atoms with E-state index < -0.39 is 5.97 Å². The highest BCUT2D eigenvalue weighted by atomic mass is 16.4. The van der Waals surface area contributed by atoms with Crippen LogP contribution in [0.3, 0.4) is 0 Å². The fourth-order valence-electron chi connectivity index (χ4n) is 1.73. The number of rotatable bonds is 5. The molecule has 84 valence electrons. The van der Waals surface area contributed by atoms with Crippen LogP contribution in [0, 0.1) is 12.8 Å². The molecule has 0 unspecified atom stereocenters. The first-order chi connectivity index (χ1) is 7.02. The van der Waals surface area contributed by atoms with Crippen molar-refractivity contribution in [3.8, 4) is 0 Å². The number of aryl methyl sites for hydroxylation is 2. The molecule has 0 saturated heterocycles. The van der Waals surface area contributed by atoms with Crippen molar-refractivity contribution in [2.45, 2.75) is 40.2 Å². The molecule has 0 atom stereocenters. The van der Waals surface area contributed by atoms with Crippen LogP contribution in [0.25, 0.3) is 0 Å². The van der Waals surface area contributed by atoms with Crippen LogP contribution in [0.15, 0.2) is 12.3 Å². The average Bonchev–Trinajstić information content (AvgIpc) is 2.46. The summed E-state index contributed by atoms with van der Waals surface area (Å²) in [6.45, 7) is 6.99. The summed E-state index contributed by atoms with van der Waals surface area (Å²) in [5.41, 5.74) is 1.27. The monoisotopic (exact) mass is 209 g/mol. The number of carboxylic acid groups (broad SMARTS) is 1. The lowest BCUT2D eigenvalue weighted by atomic mass is 10.1.